The molecule has 0 saturated heterocycles. The molecule has 1 aliphatic carbocycles. The van der Waals surface area contributed by atoms with Gasteiger partial charge in [0.2, 0.25) is 5.92 Å². The Morgan fingerprint density at radius 2 is 2.05 bits per heavy atom. The van der Waals surface area contributed by atoms with Gasteiger partial charge in [-0.2, -0.15) is 10.2 Å². The molecule has 0 aromatic carbocycles. The number of aromatic nitrogens is 4. The Morgan fingerprint density at radius 1 is 1.30 bits per heavy atom. The van der Waals surface area contributed by atoms with Crippen molar-refractivity contribution < 1.29 is 8.78 Å². The molecule has 1 N–H and O–H groups in total. The van der Waals surface area contributed by atoms with Crippen molar-refractivity contribution >= 4 is 0 Å². The highest BCUT2D eigenvalue weighted by molar-refractivity contribution is 5.55. The normalized spacial score (nSPS) is 19.1. The first-order chi connectivity index (χ1) is 9.55. The molecule has 2 aromatic rings. The van der Waals surface area contributed by atoms with E-state index in [1.54, 1.807) is 18.5 Å². The highest BCUT2D eigenvalue weighted by atomic mass is 19.3. The van der Waals surface area contributed by atoms with Gasteiger partial charge in [-0.05, 0) is 18.9 Å². The number of aromatic amines is 1. The number of hydrogen-bond donors (Lipinski definition) is 1. The largest absolute Gasteiger partial charge is 0.285 e. The first kappa shape index (κ1) is 13.0. The van der Waals surface area contributed by atoms with Crippen LogP contribution < -0.4 is 5.56 Å². The van der Waals surface area contributed by atoms with E-state index in [0.717, 1.165) is 5.56 Å². The molecule has 2 heterocycles. The van der Waals surface area contributed by atoms with Crippen LogP contribution in [0.25, 0.3) is 11.3 Å². The summed E-state index contributed by atoms with van der Waals surface area (Å²) in [4.78, 5) is 11.9. The Kier molecular flexibility index (Phi) is 3.11. The zero-order valence-corrected chi connectivity index (χ0v) is 10.7. The minimum Gasteiger partial charge on any atom is -0.285 e. The van der Waals surface area contributed by atoms with Gasteiger partial charge >= 0.3 is 0 Å². The summed E-state index contributed by atoms with van der Waals surface area (Å²) in [6.07, 6.45) is 3.44. The van der Waals surface area contributed by atoms with E-state index in [4.69, 9.17) is 0 Å². The lowest BCUT2D eigenvalue weighted by atomic mass is 9.92. The zero-order chi connectivity index (χ0) is 14.2. The first-order valence-electron chi connectivity index (χ1n) is 6.52. The van der Waals surface area contributed by atoms with Crippen molar-refractivity contribution in [1.29, 1.82) is 0 Å². The van der Waals surface area contributed by atoms with Gasteiger partial charge in [-0.25, -0.2) is 13.5 Å². The molecule has 20 heavy (non-hydrogen) atoms. The smallest absolute Gasteiger partial charge is 0.267 e. The van der Waals surface area contributed by atoms with Crippen molar-refractivity contribution in [3.63, 3.8) is 0 Å². The second-order valence-electron chi connectivity index (χ2n) is 5.08. The Morgan fingerprint density at radius 3 is 2.70 bits per heavy atom. The fraction of sp³-hybridized carbons (Fsp3) is 0.462. The lowest BCUT2D eigenvalue weighted by Gasteiger charge is -2.28. The van der Waals surface area contributed by atoms with Crippen LogP contribution in [0, 0.1) is 0 Å². The highest BCUT2D eigenvalue weighted by Crippen LogP contribution is 2.37. The minimum absolute atomic E-state index is 0.193. The van der Waals surface area contributed by atoms with Crippen molar-refractivity contribution in [2.24, 2.45) is 0 Å². The SMILES string of the molecule is O=c1ccc(-c2cn[nH]c2)nn1C1CCC(F)(F)CC1. The standard InChI is InChI=1S/C13H14F2N4O/c14-13(15)5-3-10(4-6-13)19-12(20)2-1-11(18-19)9-7-16-17-8-9/h1-2,7-8,10H,3-6H2,(H,16,17). The van der Waals surface area contributed by atoms with E-state index in [1.165, 1.54) is 10.7 Å². The van der Waals surface area contributed by atoms with E-state index in [1.807, 2.05) is 0 Å². The van der Waals surface area contributed by atoms with Crippen LogP contribution in [0.3, 0.4) is 0 Å². The average Bonchev–Trinajstić information content (AvgIpc) is 2.94. The first-order valence-corrected chi connectivity index (χ1v) is 6.52. The van der Waals surface area contributed by atoms with E-state index in [0.29, 0.717) is 5.69 Å². The molecule has 1 fully saturated rings. The number of nitrogens with one attached hydrogen (secondary N) is 1. The van der Waals surface area contributed by atoms with E-state index in [9.17, 15) is 13.6 Å². The fourth-order valence-electron chi connectivity index (χ4n) is 2.50. The monoisotopic (exact) mass is 280 g/mol. The Bertz CT molecular complexity index is 641. The van der Waals surface area contributed by atoms with Crippen molar-refractivity contribution in [3.8, 4) is 11.3 Å². The summed E-state index contributed by atoms with van der Waals surface area (Å²) in [5.41, 5.74) is 1.11. The van der Waals surface area contributed by atoms with Gasteiger partial charge in [-0.1, -0.05) is 0 Å². The van der Waals surface area contributed by atoms with Crippen molar-refractivity contribution in [2.45, 2.75) is 37.6 Å². The van der Waals surface area contributed by atoms with Crippen molar-refractivity contribution in [1.82, 2.24) is 20.0 Å². The van der Waals surface area contributed by atoms with Gasteiger partial charge in [0.15, 0.2) is 0 Å². The van der Waals surface area contributed by atoms with Gasteiger partial charge in [-0.3, -0.25) is 9.89 Å². The Hall–Kier alpha value is -2.05. The fourth-order valence-corrected chi connectivity index (χ4v) is 2.50. The molecule has 1 aliphatic rings. The van der Waals surface area contributed by atoms with Gasteiger partial charge in [0.1, 0.15) is 0 Å². The summed E-state index contributed by atoms with van der Waals surface area (Å²) >= 11 is 0. The van der Waals surface area contributed by atoms with Crippen molar-refractivity contribution in [2.75, 3.05) is 0 Å². The predicted octanol–water partition coefficient (Wildman–Crippen LogP) is 2.38. The number of H-pyrrole nitrogens is 1. The topological polar surface area (TPSA) is 63.6 Å². The molecule has 0 atom stereocenters. The number of rotatable bonds is 2. The summed E-state index contributed by atoms with van der Waals surface area (Å²) in [5, 5.41) is 10.8. The quantitative estimate of drug-likeness (QED) is 0.918. The molecular formula is C13H14F2N4O. The van der Waals surface area contributed by atoms with E-state index >= 15 is 0 Å². The highest BCUT2D eigenvalue weighted by Gasteiger charge is 2.36. The zero-order valence-electron chi connectivity index (χ0n) is 10.7. The molecular weight excluding hydrogens is 266 g/mol. The maximum absolute atomic E-state index is 13.2. The van der Waals surface area contributed by atoms with Crippen LogP contribution in [0.5, 0.6) is 0 Å². The van der Waals surface area contributed by atoms with Crippen LogP contribution in [0.4, 0.5) is 8.78 Å². The molecule has 2 aromatic heterocycles. The molecule has 0 bridgehead atoms. The Labute approximate surface area is 113 Å². The molecule has 0 unspecified atom stereocenters. The third kappa shape index (κ3) is 2.48. The van der Waals surface area contributed by atoms with Gasteiger partial charge < -0.3 is 0 Å². The van der Waals surface area contributed by atoms with Crippen LogP contribution in [-0.2, 0) is 0 Å². The molecule has 0 amide bonds. The molecule has 106 valence electrons. The number of halogens is 2. The molecule has 0 spiro atoms. The van der Waals surface area contributed by atoms with Crippen molar-refractivity contribution in [3.05, 3.63) is 34.9 Å². The summed E-state index contributed by atoms with van der Waals surface area (Å²) in [7, 11) is 0. The van der Waals surface area contributed by atoms with Crippen LogP contribution in [0.15, 0.2) is 29.3 Å². The number of nitrogens with zero attached hydrogens (tertiary/aromatic N) is 3. The van der Waals surface area contributed by atoms with Gasteiger partial charge in [-0.15, -0.1) is 0 Å². The summed E-state index contributed by atoms with van der Waals surface area (Å²) in [5.74, 6) is -2.61. The average molecular weight is 280 g/mol. The van der Waals surface area contributed by atoms with Gasteiger partial charge in [0.05, 0.1) is 17.9 Å². The van der Waals surface area contributed by atoms with Crippen LogP contribution in [0.1, 0.15) is 31.7 Å². The van der Waals surface area contributed by atoms with E-state index in [-0.39, 0.29) is 37.3 Å². The maximum Gasteiger partial charge on any atom is 0.267 e. The molecule has 7 heteroatoms. The van der Waals surface area contributed by atoms with Gasteiger partial charge in [0.25, 0.3) is 5.56 Å². The predicted molar refractivity (Wildman–Crippen MR) is 68.5 cm³/mol. The second kappa shape index (κ2) is 4.81. The molecule has 0 radical (unpaired) electrons. The number of hydrogen-bond acceptors (Lipinski definition) is 3. The third-order valence-electron chi connectivity index (χ3n) is 3.65. The summed E-state index contributed by atoms with van der Waals surface area (Å²) < 4.78 is 27.7. The number of alkyl halides is 2. The van der Waals surface area contributed by atoms with Gasteiger partial charge in [0, 0.05) is 30.7 Å². The van der Waals surface area contributed by atoms with E-state index in [2.05, 4.69) is 15.3 Å². The van der Waals surface area contributed by atoms with Crippen LogP contribution in [0.2, 0.25) is 0 Å². The van der Waals surface area contributed by atoms with E-state index < -0.39 is 5.92 Å². The maximum atomic E-state index is 13.2. The van der Waals surface area contributed by atoms with Crippen LogP contribution in [-0.4, -0.2) is 25.9 Å². The Balaban J connectivity index is 1.90. The summed E-state index contributed by atoms with van der Waals surface area (Å²) in [6.45, 7) is 0. The second-order valence-corrected chi connectivity index (χ2v) is 5.08. The molecule has 0 aliphatic heterocycles. The molecule has 3 rings (SSSR count). The minimum atomic E-state index is -2.61. The lowest BCUT2D eigenvalue weighted by Crippen LogP contribution is -2.33. The third-order valence-corrected chi connectivity index (χ3v) is 3.65. The molecule has 1 saturated carbocycles. The molecule has 5 nitrogen and oxygen atoms in total. The summed E-state index contributed by atoms with van der Waals surface area (Å²) in [6, 6.07) is 2.78. The lowest BCUT2D eigenvalue weighted by molar-refractivity contribution is -0.0454. The van der Waals surface area contributed by atoms with Crippen LogP contribution >= 0.6 is 0 Å².